The number of non-ortho nitro benzene ring substituents is 1. The molecule has 1 N–H and O–H groups in total. The molecule has 1 aliphatic carbocycles. The molecule has 0 heterocycles. The average Bonchev–Trinajstić information content (AvgIpc) is 3.29. The Morgan fingerprint density at radius 2 is 2.33 bits per heavy atom. The normalized spacial score (nSPS) is 16.8. The van der Waals surface area contributed by atoms with Crippen molar-refractivity contribution in [2.75, 3.05) is 13.2 Å². The Kier molecular flexibility index (Phi) is 4.66. The fourth-order valence-electron chi connectivity index (χ4n) is 2.28. The van der Waals surface area contributed by atoms with Gasteiger partial charge in [-0.3, -0.25) is 15.4 Å². The molecule has 1 fully saturated rings. The summed E-state index contributed by atoms with van der Waals surface area (Å²) in [5, 5.41) is 23.5. The lowest BCUT2D eigenvalue weighted by molar-refractivity contribution is -0.384. The number of nitriles is 1. The molecule has 112 valence electrons. The molecule has 1 saturated carbocycles. The number of nitrogens with zero attached hydrogens (tertiary/aromatic N) is 2. The summed E-state index contributed by atoms with van der Waals surface area (Å²) in [5.41, 5.74) is -0.812. The number of hydrogen-bond donors (Lipinski definition) is 1. The highest BCUT2D eigenvalue weighted by Crippen LogP contribution is 2.40. The number of rotatable bonds is 7. The molecule has 1 aliphatic rings. The standard InChI is InChI=1S/C14H16ClN3O3/c1-2-17-14(8-16,10-3-4-10)9-21-13-6-5-11(18(19)20)7-12(13)15/h5-7,10,17H,2-4,9H2,1H3. The number of nitro groups is 1. The van der Waals surface area contributed by atoms with E-state index in [4.69, 9.17) is 16.3 Å². The Balaban J connectivity index is 2.11. The Bertz CT molecular complexity index is 583. The van der Waals surface area contributed by atoms with Gasteiger partial charge in [-0.05, 0) is 31.4 Å². The van der Waals surface area contributed by atoms with Crippen molar-refractivity contribution in [3.05, 3.63) is 33.3 Å². The van der Waals surface area contributed by atoms with E-state index < -0.39 is 10.5 Å². The smallest absolute Gasteiger partial charge is 0.271 e. The van der Waals surface area contributed by atoms with Crippen LogP contribution in [0.5, 0.6) is 5.75 Å². The molecule has 7 heteroatoms. The number of hydrogen-bond acceptors (Lipinski definition) is 5. The van der Waals surface area contributed by atoms with Gasteiger partial charge in [0.25, 0.3) is 5.69 Å². The van der Waals surface area contributed by atoms with E-state index >= 15 is 0 Å². The molecule has 6 nitrogen and oxygen atoms in total. The summed E-state index contributed by atoms with van der Waals surface area (Å²) in [6.45, 7) is 2.77. The van der Waals surface area contributed by atoms with E-state index in [0.717, 1.165) is 12.8 Å². The number of halogens is 1. The van der Waals surface area contributed by atoms with Crippen molar-refractivity contribution in [1.82, 2.24) is 5.32 Å². The minimum atomic E-state index is -0.722. The fraction of sp³-hybridized carbons (Fsp3) is 0.500. The van der Waals surface area contributed by atoms with Gasteiger partial charge in [0.2, 0.25) is 0 Å². The van der Waals surface area contributed by atoms with E-state index in [0.29, 0.717) is 12.3 Å². The van der Waals surface area contributed by atoms with Gasteiger partial charge >= 0.3 is 0 Å². The predicted molar refractivity (Wildman–Crippen MR) is 78.3 cm³/mol. The minimum Gasteiger partial charge on any atom is -0.489 e. The van der Waals surface area contributed by atoms with Gasteiger partial charge in [-0.25, -0.2) is 0 Å². The second kappa shape index (κ2) is 6.29. The Morgan fingerprint density at radius 3 is 2.81 bits per heavy atom. The number of nitro benzene ring substituents is 1. The van der Waals surface area contributed by atoms with Crippen LogP contribution in [-0.4, -0.2) is 23.6 Å². The predicted octanol–water partition coefficient (Wildman–Crippen LogP) is 2.91. The topological polar surface area (TPSA) is 88.2 Å². The minimum absolute atomic E-state index is 0.0900. The molecule has 0 spiro atoms. The summed E-state index contributed by atoms with van der Waals surface area (Å²) < 4.78 is 5.64. The molecule has 1 unspecified atom stereocenters. The van der Waals surface area contributed by atoms with Crippen LogP contribution in [0.4, 0.5) is 5.69 Å². The van der Waals surface area contributed by atoms with Crippen molar-refractivity contribution in [3.63, 3.8) is 0 Å². The van der Waals surface area contributed by atoms with Crippen LogP contribution in [0, 0.1) is 27.4 Å². The molecule has 0 aliphatic heterocycles. The number of ether oxygens (including phenoxy) is 1. The average molecular weight is 310 g/mol. The van der Waals surface area contributed by atoms with E-state index in [-0.39, 0.29) is 23.2 Å². The van der Waals surface area contributed by atoms with Crippen molar-refractivity contribution < 1.29 is 9.66 Å². The lowest BCUT2D eigenvalue weighted by Gasteiger charge is -2.27. The maximum Gasteiger partial charge on any atom is 0.271 e. The second-order valence-corrected chi connectivity index (χ2v) is 5.46. The Labute approximate surface area is 127 Å². The Morgan fingerprint density at radius 1 is 1.62 bits per heavy atom. The van der Waals surface area contributed by atoms with Crippen LogP contribution < -0.4 is 10.1 Å². The first-order chi connectivity index (χ1) is 10.0. The first-order valence-electron chi connectivity index (χ1n) is 6.75. The van der Waals surface area contributed by atoms with Crippen LogP contribution in [0.25, 0.3) is 0 Å². The summed E-state index contributed by atoms with van der Waals surface area (Å²) in [4.78, 5) is 10.1. The van der Waals surface area contributed by atoms with Crippen molar-refractivity contribution in [1.29, 1.82) is 5.26 Å². The third-order valence-corrected chi connectivity index (χ3v) is 3.84. The summed E-state index contributed by atoms with van der Waals surface area (Å²) in [6, 6.07) is 6.35. The summed E-state index contributed by atoms with van der Waals surface area (Å²) in [6.07, 6.45) is 2.00. The van der Waals surface area contributed by atoms with E-state index in [9.17, 15) is 15.4 Å². The van der Waals surface area contributed by atoms with E-state index in [1.807, 2.05) is 6.92 Å². The highest BCUT2D eigenvalue weighted by Gasteiger charge is 2.46. The molecular formula is C14H16ClN3O3. The highest BCUT2D eigenvalue weighted by atomic mass is 35.5. The van der Waals surface area contributed by atoms with Gasteiger partial charge in [-0.1, -0.05) is 18.5 Å². The van der Waals surface area contributed by atoms with Gasteiger partial charge in [-0.15, -0.1) is 0 Å². The van der Waals surface area contributed by atoms with Gasteiger partial charge in [0.05, 0.1) is 16.0 Å². The molecule has 0 bridgehead atoms. The summed E-state index contributed by atoms with van der Waals surface area (Å²) in [5.74, 6) is 0.625. The molecule has 1 aromatic rings. The molecule has 0 aromatic heterocycles. The maximum atomic E-state index is 10.7. The lowest BCUT2D eigenvalue weighted by atomic mass is 9.96. The molecular weight excluding hydrogens is 294 g/mol. The second-order valence-electron chi connectivity index (χ2n) is 5.05. The van der Waals surface area contributed by atoms with Crippen LogP contribution in [0.2, 0.25) is 5.02 Å². The van der Waals surface area contributed by atoms with Crippen molar-refractivity contribution in [3.8, 4) is 11.8 Å². The first-order valence-corrected chi connectivity index (χ1v) is 7.13. The third kappa shape index (κ3) is 3.43. The van der Waals surface area contributed by atoms with E-state index in [1.165, 1.54) is 18.2 Å². The summed E-state index contributed by atoms with van der Waals surface area (Å²) >= 11 is 5.99. The third-order valence-electron chi connectivity index (χ3n) is 3.55. The van der Waals surface area contributed by atoms with E-state index in [2.05, 4.69) is 11.4 Å². The van der Waals surface area contributed by atoms with E-state index in [1.54, 1.807) is 0 Å². The zero-order valence-electron chi connectivity index (χ0n) is 11.6. The molecule has 1 atom stereocenters. The van der Waals surface area contributed by atoms with Crippen LogP contribution in [0.15, 0.2) is 18.2 Å². The van der Waals surface area contributed by atoms with Crippen LogP contribution in [-0.2, 0) is 0 Å². The quantitative estimate of drug-likeness (QED) is 0.618. The van der Waals surface area contributed by atoms with Gasteiger partial charge < -0.3 is 4.74 Å². The zero-order valence-corrected chi connectivity index (χ0v) is 12.4. The first kappa shape index (κ1) is 15.5. The molecule has 0 saturated heterocycles. The number of likely N-dealkylation sites (N-methyl/N-ethyl adjacent to an activating group) is 1. The largest absolute Gasteiger partial charge is 0.489 e. The van der Waals surface area contributed by atoms with Crippen LogP contribution in [0.3, 0.4) is 0 Å². The SMILES string of the molecule is CCNC(C#N)(COc1ccc([N+](=O)[O-])cc1Cl)C1CC1. The van der Waals surface area contributed by atoms with Gasteiger partial charge in [0.15, 0.2) is 0 Å². The van der Waals surface area contributed by atoms with Crippen molar-refractivity contribution in [2.24, 2.45) is 5.92 Å². The molecule has 0 amide bonds. The molecule has 1 aromatic carbocycles. The fourth-order valence-corrected chi connectivity index (χ4v) is 2.51. The van der Waals surface area contributed by atoms with Gasteiger partial charge in [0.1, 0.15) is 17.9 Å². The molecule has 21 heavy (non-hydrogen) atoms. The molecule has 2 rings (SSSR count). The lowest BCUT2D eigenvalue weighted by Crippen LogP contribution is -2.50. The van der Waals surface area contributed by atoms with Gasteiger partial charge in [0, 0.05) is 12.1 Å². The number of nitrogens with one attached hydrogen (secondary N) is 1. The Hall–Kier alpha value is -1.84. The van der Waals surface area contributed by atoms with Crippen LogP contribution >= 0.6 is 11.6 Å². The highest BCUT2D eigenvalue weighted by molar-refractivity contribution is 6.32. The summed E-state index contributed by atoms with van der Waals surface area (Å²) in [7, 11) is 0. The van der Waals surface area contributed by atoms with Gasteiger partial charge in [-0.2, -0.15) is 5.26 Å². The zero-order chi connectivity index (χ0) is 15.5. The maximum absolute atomic E-state index is 10.7. The monoisotopic (exact) mass is 309 g/mol. The van der Waals surface area contributed by atoms with Crippen molar-refractivity contribution in [2.45, 2.75) is 25.3 Å². The van der Waals surface area contributed by atoms with Crippen LogP contribution in [0.1, 0.15) is 19.8 Å². The van der Waals surface area contributed by atoms with Crippen molar-refractivity contribution >= 4 is 17.3 Å². The molecule has 0 radical (unpaired) electrons. The number of benzene rings is 1.